The van der Waals surface area contributed by atoms with Gasteiger partial charge in [-0.3, -0.25) is 0 Å². The summed E-state index contributed by atoms with van der Waals surface area (Å²) in [5.41, 5.74) is 2.11. The summed E-state index contributed by atoms with van der Waals surface area (Å²) in [4.78, 5) is 0. The zero-order valence-electron chi connectivity index (χ0n) is 12.1. The topological polar surface area (TPSA) is 12.0 Å². The molecule has 0 aromatic heterocycles. The fraction of sp³-hybridized carbons (Fsp3) is 0.500. The lowest BCUT2D eigenvalue weighted by molar-refractivity contribution is 0.532. The van der Waals surface area contributed by atoms with Crippen molar-refractivity contribution in [3.8, 4) is 0 Å². The van der Waals surface area contributed by atoms with Crippen LogP contribution in [0.2, 0.25) is 0 Å². The molecule has 1 aromatic rings. The maximum atomic E-state index is 13.7. The van der Waals surface area contributed by atoms with Crippen molar-refractivity contribution in [3.63, 3.8) is 0 Å². The van der Waals surface area contributed by atoms with Crippen LogP contribution in [0, 0.1) is 11.7 Å². The van der Waals surface area contributed by atoms with Crippen molar-refractivity contribution >= 4 is 15.9 Å². The summed E-state index contributed by atoms with van der Waals surface area (Å²) in [5, 5.41) is 3.42. The van der Waals surface area contributed by atoms with E-state index < -0.39 is 0 Å². The predicted molar refractivity (Wildman–Crippen MR) is 84.0 cm³/mol. The summed E-state index contributed by atoms with van der Waals surface area (Å²) in [5.74, 6) is 0.305. The van der Waals surface area contributed by atoms with Crippen LogP contribution in [-0.2, 0) is 0 Å². The Morgan fingerprint density at radius 3 is 2.42 bits per heavy atom. The summed E-state index contributed by atoms with van der Waals surface area (Å²) < 4.78 is 14.2. The Balaban J connectivity index is 3.00. The standard InChI is InChI=1S/C16H23BrFN/c1-10(2)12(5)14(9-19-11(3)4)13-6-7-15(17)16(18)8-13/h6-8,10-11,14,19H,5,9H2,1-4H3/t14-/m0/s1. The lowest BCUT2D eigenvalue weighted by atomic mass is 9.85. The molecule has 3 heteroatoms. The van der Waals surface area contributed by atoms with Gasteiger partial charge in [0.15, 0.2) is 0 Å². The molecule has 19 heavy (non-hydrogen) atoms. The lowest BCUT2D eigenvalue weighted by Crippen LogP contribution is -2.29. The number of rotatable bonds is 6. The molecule has 1 rings (SSSR count). The van der Waals surface area contributed by atoms with E-state index in [1.54, 1.807) is 12.1 Å². The van der Waals surface area contributed by atoms with Gasteiger partial charge >= 0.3 is 0 Å². The summed E-state index contributed by atoms with van der Waals surface area (Å²) in [6.45, 7) is 13.4. The van der Waals surface area contributed by atoms with Crippen LogP contribution in [0.4, 0.5) is 4.39 Å². The molecule has 1 atom stereocenters. The first-order valence-electron chi connectivity index (χ1n) is 6.70. The highest BCUT2D eigenvalue weighted by atomic mass is 79.9. The van der Waals surface area contributed by atoms with Crippen molar-refractivity contribution in [3.05, 3.63) is 46.2 Å². The molecular formula is C16H23BrFN. The van der Waals surface area contributed by atoms with Crippen LogP contribution in [-0.4, -0.2) is 12.6 Å². The minimum Gasteiger partial charge on any atom is -0.314 e. The molecule has 0 aliphatic carbocycles. The highest BCUT2D eigenvalue weighted by Gasteiger charge is 2.19. The van der Waals surface area contributed by atoms with Crippen LogP contribution < -0.4 is 5.32 Å². The molecule has 0 unspecified atom stereocenters. The first-order chi connectivity index (χ1) is 8.82. The lowest BCUT2D eigenvalue weighted by Gasteiger charge is -2.24. The molecular weight excluding hydrogens is 305 g/mol. The third-order valence-corrected chi connectivity index (χ3v) is 3.91. The van der Waals surface area contributed by atoms with E-state index in [0.717, 1.165) is 17.7 Å². The van der Waals surface area contributed by atoms with Crippen molar-refractivity contribution in [2.75, 3.05) is 6.54 Å². The first-order valence-corrected chi connectivity index (χ1v) is 7.49. The van der Waals surface area contributed by atoms with Gasteiger partial charge in [-0.15, -0.1) is 0 Å². The summed E-state index contributed by atoms with van der Waals surface area (Å²) in [6, 6.07) is 5.74. The molecule has 0 saturated carbocycles. The van der Waals surface area contributed by atoms with Gasteiger partial charge in [-0.05, 0) is 39.5 Å². The monoisotopic (exact) mass is 327 g/mol. The van der Waals surface area contributed by atoms with Gasteiger partial charge in [0.1, 0.15) is 5.82 Å². The Hall–Kier alpha value is -0.670. The fourth-order valence-corrected chi connectivity index (χ4v) is 2.19. The van der Waals surface area contributed by atoms with E-state index in [1.807, 2.05) is 6.07 Å². The molecule has 0 saturated heterocycles. The fourth-order valence-electron chi connectivity index (χ4n) is 1.95. The Morgan fingerprint density at radius 1 is 1.32 bits per heavy atom. The van der Waals surface area contributed by atoms with Crippen molar-refractivity contribution in [1.82, 2.24) is 5.32 Å². The first kappa shape index (κ1) is 16.4. The summed E-state index contributed by atoms with van der Waals surface area (Å²) in [7, 11) is 0. The smallest absolute Gasteiger partial charge is 0.137 e. The van der Waals surface area contributed by atoms with Crippen LogP contribution in [0.15, 0.2) is 34.8 Å². The summed E-state index contributed by atoms with van der Waals surface area (Å²) in [6.07, 6.45) is 0. The number of benzene rings is 1. The largest absolute Gasteiger partial charge is 0.314 e. The van der Waals surface area contributed by atoms with Crippen LogP contribution in [0.25, 0.3) is 0 Å². The van der Waals surface area contributed by atoms with Gasteiger partial charge in [0.2, 0.25) is 0 Å². The molecule has 0 amide bonds. The maximum absolute atomic E-state index is 13.7. The van der Waals surface area contributed by atoms with Crippen LogP contribution in [0.1, 0.15) is 39.2 Å². The molecule has 0 fully saturated rings. The number of halogens is 2. The second-order valence-electron chi connectivity index (χ2n) is 5.52. The molecule has 0 radical (unpaired) electrons. The summed E-state index contributed by atoms with van der Waals surface area (Å²) >= 11 is 3.19. The van der Waals surface area contributed by atoms with Crippen LogP contribution >= 0.6 is 15.9 Å². The average Bonchev–Trinajstić information content (AvgIpc) is 2.33. The van der Waals surface area contributed by atoms with Crippen molar-refractivity contribution in [2.45, 2.75) is 39.7 Å². The van der Waals surface area contributed by atoms with Gasteiger partial charge in [0.25, 0.3) is 0 Å². The Morgan fingerprint density at radius 2 is 1.95 bits per heavy atom. The normalized spacial score (nSPS) is 13.1. The van der Waals surface area contributed by atoms with E-state index in [-0.39, 0.29) is 11.7 Å². The second kappa shape index (κ2) is 7.20. The van der Waals surface area contributed by atoms with Crippen LogP contribution in [0.3, 0.4) is 0 Å². The molecule has 106 valence electrons. The van der Waals surface area contributed by atoms with Gasteiger partial charge in [-0.1, -0.05) is 45.9 Å². The Labute approximate surface area is 124 Å². The molecule has 0 aliphatic heterocycles. The van der Waals surface area contributed by atoms with Crippen molar-refractivity contribution < 1.29 is 4.39 Å². The maximum Gasteiger partial charge on any atom is 0.137 e. The van der Waals surface area contributed by atoms with Crippen molar-refractivity contribution in [2.24, 2.45) is 5.92 Å². The van der Waals surface area contributed by atoms with Gasteiger partial charge in [0.05, 0.1) is 4.47 Å². The minimum absolute atomic E-state index is 0.144. The van der Waals surface area contributed by atoms with E-state index in [4.69, 9.17) is 0 Å². The van der Waals surface area contributed by atoms with E-state index in [2.05, 4.69) is 55.5 Å². The van der Waals surface area contributed by atoms with E-state index >= 15 is 0 Å². The molecule has 1 nitrogen and oxygen atoms in total. The van der Waals surface area contributed by atoms with Gasteiger partial charge < -0.3 is 5.32 Å². The Kier molecular flexibility index (Phi) is 6.21. The molecule has 0 spiro atoms. The zero-order valence-corrected chi connectivity index (χ0v) is 13.7. The number of hydrogen-bond acceptors (Lipinski definition) is 1. The Bertz CT molecular complexity index is 440. The third kappa shape index (κ3) is 4.73. The average molecular weight is 328 g/mol. The molecule has 0 heterocycles. The predicted octanol–water partition coefficient (Wildman–Crippen LogP) is 4.88. The number of nitrogens with one attached hydrogen (secondary N) is 1. The molecule has 0 aliphatic rings. The van der Waals surface area contributed by atoms with Crippen molar-refractivity contribution in [1.29, 1.82) is 0 Å². The van der Waals surface area contributed by atoms with E-state index in [1.165, 1.54) is 0 Å². The van der Waals surface area contributed by atoms with E-state index in [9.17, 15) is 4.39 Å². The number of hydrogen-bond donors (Lipinski definition) is 1. The second-order valence-corrected chi connectivity index (χ2v) is 6.37. The van der Waals surface area contributed by atoms with Gasteiger partial charge in [-0.2, -0.15) is 0 Å². The molecule has 0 bridgehead atoms. The zero-order chi connectivity index (χ0) is 14.6. The molecule has 1 aromatic carbocycles. The van der Waals surface area contributed by atoms with Crippen LogP contribution in [0.5, 0.6) is 0 Å². The third-order valence-electron chi connectivity index (χ3n) is 3.27. The minimum atomic E-state index is -0.219. The SMILES string of the molecule is C=C(C(C)C)[C@H](CNC(C)C)c1ccc(Br)c(F)c1. The quantitative estimate of drug-likeness (QED) is 0.734. The molecule has 1 N–H and O–H groups in total. The van der Waals surface area contributed by atoms with Gasteiger partial charge in [0, 0.05) is 18.5 Å². The van der Waals surface area contributed by atoms with E-state index in [0.29, 0.717) is 16.4 Å². The van der Waals surface area contributed by atoms with Gasteiger partial charge in [-0.25, -0.2) is 4.39 Å². The highest BCUT2D eigenvalue weighted by molar-refractivity contribution is 9.10. The highest BCUT2D eigenvalue weighted by Crippen LogP contribution is 2.30.